The van der Waals surface area contributed by atoms with Gasteiger partial charge in [0.1, 0.15) is 6.54 Å². The molecule has 0 N–H and O–H groups in total. The van der Waals surface area contributed by atoms with Crippen LogP contribution >= 0.6 is 0 Å². The number of Topliss-reactive ketones (excluding diaryl/α,β-unsaturated/α-hetero) is 1. The number of aryl methyl sites for hydroxylation is 3. The van der Waals surface area contributed by atoms with E-state index in [4.69, 9.17) is 5.10 Å². The van der Waals surface area contributed by atoms with Crippen molar-refractivity contribution in [2.45, 2.75) is 40.8 Å². The minimum Gasteiger partial charge on any atom is -0.345 e. The molecule has 4 rings (SSSR count). The molecule has 162 valence electrons. The van der Waals surface area contributed by atoms with Crippen LogP contribution in [0, 0.1) is 27.7 Å². The minimum absolute atomic E-state index is 0.111. The van der Waals surface area contributed by atoms with Gasteiger partial charge in [-0.15, -0.1) is 6.58 Å². The SMILES string of the molecule is C=CCn1c(C)cc(C(=O)Cn2nc(-c3cc(C)ccc3C)c3ccccc3c2=O)c1C. The average Bonchev–Trinajstić information content (AvgIpc) is 3.06. The van der Waals surface area contributed by atoms with Crippen LogP contribution in [0.15, 0.2) is 66.0 Å². The van der Waals surface area contributed by atoms with Crippen molar-refractivity contribution in [1.29, 1.82) is 0 Å². The summed E-state index contributed by atoms with van der Waals surface area (Å²) in [5.41, 5.74) is 6.06. The summed E-state index contributed by atoms with van der Waals surface area (Å²) < 4.78 is 3.35. The summed E-state index contributed by atoms with van der Waals surface area (Å²) in [5.74, 6) is -0.134. The zero-order valence-electron chi connectivity index (χ0n) is 19.0. The van der Waals surface area contributed by atoms with Crippen molar-refractivity contribution in [3.8, 4) is 11.3 Å². The van der Waals surface area contributed by atoms with E-state index < -0.39 is 0 Å². The van der Waals surface area contributed by atoms with Gasteiger partial charge >= 0.3 is 0 Å². The first-order chi connectivity index (χ1) is 15.3. The van der Waals surface area contributed by atoms with Crippen LogP contribution in [-0.4, -0.2) is 20.1 Å². The largest absolute Gasteiger partial charge is 0.345 e. The third kappa shape index (κ3) is 3.71. The van der Waals surface area contributed by atoms with Crippen molar-refractivity contribution in [3.63, 3.8) is 0 Å². The highest BCUT2D eigenvalue weighted by Gasteiger charge is 2.19. The van der Waals surface area contributed by atoms with Gasteiger partial charge in [0.25, 0.3) is 5.56 Å². The molecular formula is C27H27N3O2. The lowest BCUT2D eigenvalue weighted by Gasteiger charge is -2.13. The number of benzene rings is 2. The van der Waals surface area contributed by atoms with Gasteiger partial charge < -0.3 is 4.57 Å². The average molecular weight is 426 g/mol. The summed E-state index contributed by atoms with van der Waals surface area (Å²) in [7, 11) is 0. The van der Waals surface area contributed by atoms with E-state index in [-0.39, 0.29) is 17.9 Å². The summed E-state index contributed by atoms with van der Waals surface area (Å²) in [4.78, 5) is 26.4. The number of hydrogen-bond donors (Lipinski definition) is 0. The molecule has 32 heavy (non-hydrogen) atoms. The lowest BCUT2D eigenvalue weighted by Crippen LogP contribution is -2.27. The van der Waals surface area contributed by atoms with E-state index >= 15 is 0 Å². The molecule has 0 bridgehead atoms. The lowest BCUT2D eigenvalue weighted by molar-refractivity contribution is 0.0965. The van der Waals surface area contributed by atoms with Gasteiger partial charge in [-0.2, -0.15) is 5.10 Å². The molecule has 0 radical (unpaired) electrons. The smallest absolute Gasteiger partial charge is 0.275 e. The number of allylic oxidation sites excluding steroid dienone is 1. The van der Waals surface area contributed by atoms with Gasteiger partial charge in [-0.25, -0.2) is 4.68 Å². The Morgan fingerprint density at radius 2 is 1.75 bits per heavy atom. The molecule has 4 aromatic rings. The lowest BCUT2D eigenvalue weighted by atomic mass is 9.99. The Balaban J connectivity index is 1.86. The van der Waals surface area contributed by atoms with Crippen molar-refractivity contribution in [3.05, 3.63) is 99.6 Å². The summed E-state index contributed by atoms with van der Waals surface area (Å²) in [6.07, 6.45) is 1.81. The first kappa shape index (κ1) is 21.5. The van der Waals surface area contributed by atoms with Crippen molar-refractivity contribution in [1.82, 2.24) is 14.3 Å². The molecule has 0 atom stereocenters. The zero-order valence-corrected chi connectivity index (χ0v) is 19.0. The van der Waals surface area contributed by atoms with Gasteiger partial charge in [0, 0.05) is 34.4 Å². The van der Waals surface area contributed by atoms with Crippen molar-refractivity contribution >= 4 is 16.6 Å². The molecule has 0 spiro atoms. The molecule has 0 aliphatic carbocycles. The van der Waals surface area contributed by atoms with Crippen LogP contribution in [0.4, 0.5) is 0 Å². The van der Waals surface area contributed by atoms with E-state index in [1.165, 1.54) is 4.68 Å². The fraction of sp³-hybridized carbons (Fsp3) is 0.222. The molecule has 5 heteroatoms. The van der Waals surface area contributed by atoms with Crippen molar-refractivity contribution < 1.29 is 4.79 Å². The van der Waals surface area contributed by atoms with Gasteiger partial charge in [-0.1, -0.05) is 42.0 Å². The predicted octanol–water partition coefficient (Wildman–Crippen LogP) is 5.17. The van der Waals surface area contributed by atoms with E-state index in [0.717, 1.165) is 33.5 Å². The van der Waals surface area contributed by atoms with Crippen LogP contribution in [0.5, 0.6) is 0 Å². The summed E-state index contributed by atoms with van der Waals surface area (Å²) in [6.45, 7) is 12.3. The molecule has 0 saturated carbocycles. The van der Waals surface area contributed by atoms with Gasteiger partial charge in [-0.3, -0.25) is 9.59 Å². The topological polar surface area (TPSA) is 56.9 Å². The second-order valence-electron chi connectivity index (χ2n) is 8.28. The van der Waals surface area contributed by atoms with Crippen LogP contribution in [0.3, 0.4) is 0 Å². The summed E-state index contributed by atoms with van der Waals surface area (Å²) in [6, 6.07) is 15.5. The van der Waals surface area contributed by atoms with E-state index in [2.05, 4.69) is 24.8 Å². The second-order valence-corrected chi connectivity index (χ2v) is 8.28. The maximum Gasteiger partial charge on any atom is 0.275 e. The van der Waals surface area contributed by atoms with Crippen molar-refractivity contribution in [2.24, 2.45) is 0 Å². The number of nitrogens with zero attached hydrogens (tertiary/aromatic N) is 3. The summed E-state index contributed by atoms with van der Waals surface area (Å²) in [5, 5.41) is 6.04. The fourth-order valence-electron chi connectivity index (χ4n) is 4.25. The highest BCUT2D eigenvalue weighted by Crippen LogP contribution is 2.28. The molecule has 0 saturated heterocycles. The first-order valence-electron chi connectivity index (χ1n) is 10.7. The number of ketones is 1. The second kappa shape index (κ2) is 8.42. The third-order valence-electron chi connectivity index (χ3n) is 6.00. The third-order valence-corrected chi connectivity index (χ3v) is 6.00. The summed E-state index contributed by atoms with van der Waals surface area (Å²) >= 11 is 0. The number of carbonyl (C=O) groups excluding carboxylic acids is 1. The number of carbonyl (C=O) groups is 1. The molecule has 2 aromatic heterocycles. The van der Waals surface area contributed by atoms with E-state index in [9.17, 15) is 9.59 Å². The van der Waals surface area contributed by atoms with Gasteiger partial charge in [0.2, 0.25) is 0 Å². The Morgan fingerprint density at radius 3 is 2.47 bits per heavy atom. The van der Waals surface area contributed by atoms with Gasteiger partial charge in [0.05, 0.1) is 11.1 Å². The highest BCUT2D eigenvalue weighted by atomic mass is 16.1. The standard InChI is InChI=1S/C27H27N3O2/c1-6-13-29-19(4)15-24(20(29)5)25(31)16-30-27(32)22-10-8-7-9-21(22)26(28-30)23-14-17(2)11-12-18(23)3/h6-12,14-15H,1,13,16H2,2-5H3. The molecule has 2 heterocycles. The van der Waals surface area contributed by atoms with Gasteiger partial charge in [-0.05, 0) is 51.5 Å². The molecule has 0 aliphatic rings. The molecule has 0 unspecified atom stereocenters. The van der Waals surface area contributed by atoms with E-state index in [1.54, 1.807) is 12.1 Å². The molecule has 0 fully saturated rings. The Kier molecular flexibility index (Phi) is 5.66. The number of aromatic nitrogens is 3. The maximum atomic E-state index is 13.2. The monoisotopic (exact) mass is 425 g/mol. The quantitative estimate of drug-likeness (QED) is 0.316. The van der Waals surface area contributed by atoms with E-state index in [1.807, 2.05) is 56.5 Å². The Hall–Kier alpha value is -3.73. The molecule has 5 nitrogen and oxygen atoms in total. The van der Waals surface area contributed by atoms with Crippen LogP contribution in [0.2, 0.25) is 0 Å². The molecule has 0 amide bonds. The van der Waals surface area contributed by atoms with Gasteiger partial charge in [0.15, 0.2) is 5.78 Å². The number of hydrogen-bond acceptors (Lipinski definition) is 3. The minimum atomic E-state index is -0.261. The molecular weight excluding hydrogens is 398 g/mol. The first-order valence-corrected chi connectivity index (χ1v) is 10.7. The van der Waals surface area contributed by atoms with Crippen LogP contribution < -0.4 is 5.56 Å². The number of rotatable bonds is 6. The van der Waals surface area contributed by atoms with Crippen LogP contribution in [-0.2, 0) is 13.1 Å². The zero-order chi connectivity index (χ0) is 23.0. The Morgan fingerprint density at radius 1 is 1.03 bits per heavy atom. The molecule has 0 aliphatic heterocycles. The number of fused-ring (bicyclic) bond motifs is 1. The highest BCUT2D eigenvalue weighted by molar-refractivity contribution is 5.98. The van der Waals surface area contributed by atoms with Crippen molar-refractivity contribution in [2.75, 3.05) is 0 Å². The fourth-order valence-corrected chi connectivity index (χ4v) is 4.25. The predicted molar refractivity (Wildman–Crippen MR) is 129 cm³/mol. The maximum absolute atomic E-state index is 13.2. The Bertz CT molecular complexity index is 1420. The van der Waals surface area contributed by atoms with E-state index in [0.29, 0.717) is 23.2 Å². The Labute approximate surface area is 187 Å². The van der Waals surface area contributed by atoms with Crippen LogP contribution in [0.1, 0.15) is 32.9 Å². The molecule has 2 aromatic carbocycles. The normalized spacial score (nSPS) is 11.1. The van der Waals surface area contributed by atoms with Crippen LogP contribution in [0.25, 0.3) is 22.0 Å².